The van der Waals surface area contributed by atoms with E-state index in [1.807, 2.05) is 0 Å². The molecule has 7 heteroatoms. The molecule has 1 aliphatic heterocycles. The van der Waals surface area contributed by atoms with Crippen molar-refractivity contribution in [3.05, 3.63) is 39.9 Å². The summed E-state index contributed by atoms with van der Waals surface area (Å²) in [6.07, 6.45) is 1.07. The van der Waals surface area contributed by atoms with Gasteiger partial charge < -0.3 is 10.6 Å². The zero-order chi connectivity index (χ0) is 13.0. The SMILES string of the molecule is Cl.O=C(NCC1CCNC1)c1ccc([N+](=O)[O-])cc1. The van der Waals surface area contributed by atoms with Crippen molar-refractivity contribution in [2.24, 2.45) is 5.92 Å². The number of amides is 1. The highest BCUT2D eigenvalue weighted by Crippen LogP contribution is 2.12. The monoisotopic (exact) mass is 285 g/mol. The number of non-ortho nitro benzene ring substituents is 1. The molecule has 1 aromatic rings. The molecule has 1 heterocycles. The predicted octanol–water partition coefficient (Wildman–Crippen LogP) is 1.36. The molecule has 1 aromatic carbocycles. The molecule has 104 valence electrons. The van der Waals surface area contributed by atoms with Gasteiger partial charge in [-0.1, -0.05) is 0 Å². The summed E-state index contributed by atoms with van der Waals surface area (Å²) in [7, 11) is 0. The number of nitro benzene ring substituents is 1. The van der Waals surface area contributed by atoms with Gasteiger partial charge in [0.15, 0.2) is 0 Å². The van der Waals surface area contributed by atoms with Gasteiger partial charge in [0.25, 0.3) is 11.6 Å². The van der Waals surface area contributed by atoms with Crippen molar-refractivity contribution in [1.82, 2.24) is 10.6 Å². The third-order valence-corrected chi connectivity index (χ3v) is 3.05. The summed E-state index contributed by atoms with van der Waals surface area (Å²) in [4.78, 5) is 21.8. The molecule has 2 N–H and O–H groups in total. The molecule has 2 rings (SSSR count). The quantitative estimate of drug-likeness (QED) is 0.646. The van der Waals surface area contributed by atoms with Crippen molar-refractivity contribution in [3.8, 4) is 0 Å². The maximum Gasteiger partial charge on any atom is 0.269 e. The topological polar surface area (TPSA) is 84.3 Å². The van der Waals surface area contributed by atoms with Crippen molar-refractivity contribution in [2.75, 3.05) is 19.6 Å². The molecule has 6 nitrogen and oxygen atoms in total. The third-order valence-electron chi connectivity index (χ3n) is 3.05. The lowest BCUT2D eigenvalue weighted by atomic mass is 10.1. The molecular weight excluding hydrogens is 270 g/mol. The van der Waals surface area contributed by atoms with Crippen LogP contribution in [0.4, 0.5) is 5.69 Å². The number of nitro groups is 1. The van der Waals surface area contributed by atoms with Gasteiger partial charge in [-0.3, -0.25) is 14.9 Å². The van der Waals surface area contributed by atoms with Crippen LogP contribution in [0.1, 0.15) is 16.8 Å². The fraction of sp³-hybridized carbons (Fsp3) is 0.417. The molecule has 0 saturated carbocycles. The maximum atomic E-state index is 11.8. The molecule has 0 bridgehead atoms. The van der Waals surface area contributed by atoms with Crippen LogP contribution in [-0.2, 0) is 0 Å². The van der Waals surface area contributed by atoms with E-state index >= 15 is 0 Å². The summed E-state index contributed by atoms with van der Waals surface area (Å²) in [5.74, 6) is 0.295. The van der Waals surface area contributed by atoms with Crippen LogP contribution >= 0.6 is 12.4 Å². The van der Waals surface area contributed by atoms with E-state index in [4.69, 9.17) is 0 Å². The first kappa shape index (κ1) is 15.4. The van der Waals surface area contributed by atoms with Crippen molar-refractivity contribution < 1.29 is 9.72 Å². The fourth-order valence-corrected chi connectivity index (χ4v) is 1.96. The summed E-state index contributed by atoms with van der Waals surface area (Å²) in [6.45, 7) is 2.57. The Kier molecular flexibility index (Phi) is 5.72. The summed E-state index contributed by atoms with van der Waals surface area (Å²) in [5, 5.41) is 16.6. The first-order valence-corrected chi connectivity index (χ1v) is 5.90. The molecule has 0 spiro atoms. The van der Waals surface area contributed by atoms with Gasteiger partial charge in [-0.2, -0.15) is 0 Å². The highest BCUT2D eigenvalue weighted by atomic mass is 35.5. The number of rotatable bonds is 4. The van der Waals surface area contributed by atoms with Crippen LogP contribution in [-0.4, -0.2) is 30.5 Å². The molecule has 1 aliphatic rings. The molecule has 1 saturated heterocycles. The van der Waals surface area contributed by atoms with E-state index in [1.54, 1.807) is 0 Å². The molecular formula is C12H16ClN3O3. The van der Waals surface area contributed by atoms with Gasteiger partial charge in [0.05, 0.1) is 4.92 Å². The summed E-state index contributed by atoms with van der Waals surface area (Å²) < 4.78 is 0. The van der Waals surface area contributed by atoms with Gasteiger partial charge >= 0.3 is 0 Å². The lowest BCUT2D eigenvalue weighted by Gasteiger charge is -2.09. The normalized spacial score (nSPS) is 17.6. The smallest absolute Gasteiger partial charge is 0.269 e. The number of halogens is 1. The third kappa shape index (κ3) is 4.18. The Morgan fingerprint density at radius 1 is 1.42 bits per heavy atom. The lowest BCUT2D eigenvalue weighted by Crippen LogP contribution is -2.30. The molecule has 1 fully saturated rings. The van der Waals surface area contributed by atoms with Crippen LogP contribution in [0.5, 0.6) is 0 Å². The van der Waals surface area contributed by atoms with Gasteiger partial charge in [-0.25, -0.2) is 0 Å². The number of nitrogens with zero attached hydrogens (tertiary/aromatic N) is 1. The van der Waals surface area contributed by atoms with Crippen LogP contribution < -0.4 is 10.6 Å². The van der Waals surface area contributed by atoms with Crippen LogP contribution in [0, 0.1) is 16.0 Å². The number of carbonyl (C=O) groups is 1. The highest BCUT2D eigenvalue weighted by Gasteiger charge is 2.16. The van der Waals surface area contributed by atoms with Crippen molar-refractivity contribution in [3.63, 3.8) is 0 Å². The van der Waals surface area contributed by atoms with E-state index in [0.717, 1.165) is 19.5 Å². The van der Waals surface area contributed by atoms with Crippen molar-refractivity contribution in [1.29, 1.82) is 0 Å². The van der Waals surface area contributed by atoms with E-state index in [2.05, 4.69) is 10.6 Å². The Morgan fingerprint density at radius 2 is 2.11 bits per heavy atom. The Balaban J connectivity index is 0.00000180. The number of carbonyl (C=O) groups excluding carboxylic acids is 1. The van der Waals surface area contributed by atoms with Gasteiger partial charge in [0.2, 0.25) is 0 Å². The minimum Gasteiger partial charge on any atom is -0.352 e. The minimum atomic E-state index is -0.480. The number of benzene rings is 1. The summed E-state index contributed by atoms with van der Waals surface area (Å²) in [5.41, 5.74) is 0.443. The maximum absolute atomic E-state index is 11.8. The second kappa shape index (κ2) is 7.06. The van der Waals surface area contributed by atoms with E-state index in [9.17, 15) is 14.9 Å². The molecule has 1 atom stereocenters. The van der Waals surface area contributed by atoms with Gasteiger partial charge in [0, 0.05) is 24.2 Å². The number of hydrogen-bond acceptors (Lipinski definition) is 4. The van der Waals surface area contributed by atoms with Crippen LogP contribution in [0.2, 0.25) is 0 Å². The van der Waals surface area contributed by atoms with Crippen molar-refractivity contribution >= 4 is 24.0 Å². The second-order valence-corrected chi connectivity index (χ2v) is 4.37. The molecule has 1 unspecified atom stereocenters. The number of nitrogens with one attached hydrogen (secondary N) is 2. The van der Waals surface area contributed by atoms with E-state index in [0.29, 0.717) is 18.0 Å². The Morgan fingerprint density at radius 3 is 2.63 bits per heavy atom. The Hall–Kier alpha value is -1.66. The minimum absolute atomic E-state index is 0. The average molecular weight is 286 g/mol. The van der Waals surface area contributed by atoms with Gasteiger partial charge in [-0.05, 0) is 37.6 Å². The zero-order valence-electron chi connectivity index (χ0n) is 10.3. The van der Waals surface area contributed by atoms with Gasteiger partial charge in [-0.15, -0.1) is 12.4 Å². The van der Waals surface area contributed by atoms with E-state index in [1.165, 1.54) is 24.3 Å². The fourth-order valence-electron chi connectivity index (χ4n) is 1.96. The standard InChI is InChI=1S/C12H15N3O3.ClH/c16-12(14-8-9-5-6-13-7-9)10-1-3-11(4-2-10)15(17)18;/h1-4,9,13H,5-8H2,(H,14,16);1H. The summed E-state index contributed by atoms with van der Waals surface area (Å²) >= 11 is 0. The second-order valence-electron chi connectivity index (χ2n) is 4.37. The molecule has 0 aromatic heterocycles. The molecule has 19 heavy (non-hydrogen) atoms. The molecule has 1 amide bonds. The lowest BCUT2D eigenvalue weighted by molar-refractivity contribution is -0.384. The zero-order valence-corrected chi connectivity index (χ0v) is 11.1. The Bertz CT molecular complexity index is 444. The average Bonchev–Trinajstić information content (AvgIpc) is 2.89. The molecule has 0 aliphatic carbocycles. The van der Waals surface area contributed by atoms with Crippen LogP contribution in [0.15, 0.2) is 24.3 Å². The van der Waals surface area contributed by atoms with Crippen LogP contribution in [0.25, 0.3) is 0 Å². The number of hydrogen-bond donors (Lipinski definition) is 2. The van der Waals surface area contributed by atoms with Crippen LogP contribution in [0.3, 0.4) is 0 Å². The largest absolute Gasteiger partial charge is 0.352 e. The van der Waals surface area contributed by atoms with E-state index in [-0.39, 0.29) is 24.0 Å². The Labute approximate surface area is 117 Å². The van der Waals surface area contributed by atoms with Gasteiger partial charge in [0.1, 0.15) is 0 Å². The van der Waals surface area contributed by atoms with E-state index < -0.39 is 4.92 Å². The van der Waals surface area contributed by atoms with Crippen molar-refractivity contribution in [2.45, 2.75) is 6.42 Å². The predicted molar refractivity (Wildman–Crippen MR) is 73.7 cm³/mol. The first-order valence-electron chi connectivity index (χ1n) is 5.90. The molecule has 0 radical (unpaired) electrons. The first-order chi connectivity index (χ1) is 8.66. The highest BCUT2D eigenvalue weighted by molar-refractivity contribution is 5.94. The summed E-state index contributed by atoms with van der Waals surface area (Å²) in [6, 6.07) is 5.62.